The van der Waals surface area contributed by atoms with E-state index in [1.807, 2.05) is 36.4 Å². The number of rotatable bonds is 12. The summed E-state index contributed by atoms with van der Waals surface area (Å²) in [4.78, 5) is 35.1. The van der Waals surface area contributed by atoms with Crippen molar-refractivity contribution >= 4 is 18.0 Å². The van der Waals surface area contributed by atoms with Crippen LogP contribution in [0.1, 0.15) is 29.9 Å². The first-order chi connectivity index (χ1) is 16.0. The summed E-state index contributed by atoms with van der Waals surface area (Å²) >= 11 is 0. The van der Waals surface area contributed by atoms with Gasteiger partial charge in [0.1, 0.15) is 19.3 Å². The summed E-state index contributed by atoms with van der Waals surface area (Å²) in [7, 11) is 0. The molecule has 0 spiro atoms. The highest BCUT2D eigenvalue weighted by Crippen LogP contribution is 2.44. The second-order valence-corrected chi connectivity index (χ2v) is 7.63. The molecule has 33 heavy (non-hydrogen) atoms. The monoisotopic (exact) mass is 452 g/mol. The highest BCUT2D eigenvalue weighted by molar-refractivity contribution is 5.84. The van der Waals surface area contributed by atoms with E-state index in [1.165, 1.54) is 0 Å². The van der Waals surface area contributed by atoms with E-state index in [0.717, 1.165) is 22.3 Å². The average molecular weight is 453 g/mol. The van der Waals surface area contributed by atoms with Gasteiger partial charge in [0.05, 0.1) is 6.61 Å². The molecule has 0 bridgehead atoms. The standard InChI is InChI=1S/C25H28N2O6/c1-2-3-12-22(24(29)30)27-23(28)16-32-14-13-26-25(31)33-15-21-19-10-6-4-8-17(19)18-9-5-7-11-20(18)21/h2,4-11,21-22H,1,3,12-16H2,(H,26,31)(H,27,28)(H,29,30). The quantitative estimate of drug-likeness (QED) is 0.337. The number of carbonyl (C=O) groups is 3. The van der Waals surface area contributed by atoms with Crippen molar-refractivity contribution in [1.29, 1.82) is 0 Å². The van der Waals surface area contributed by atoms with Crippen molar-refractivity contribution in [1.82, 2.24) is 10.6 Å². The Balaban J connectivity index is 1.37. The first kappa shape index (κ1) is 24.0. The molecular formula is C25H28N2O6. The highest BCUT2D eigenvalue weighted by atomic mass is 16.5. The number of allylic oxidation sites excluding steroid dienone is 1. The van der Waals surface area contributed by atoms with Crippen LogP contribution < -0.4 is 10.6 Å². The Morgan fingerprint density at radius 2 is 1.70 bits per heavy atom. The van der Waals surface area contributed by atoms with Crippen LogP contribution >= 0.6 is 0 Å². The van der Waals surface area contributed by atoms with Crippen LogP contribution in [0.25, 0.3) is 11.1 Å². The van der Waals surface area contributed by atoms with Crippen LogP contribution in [0.4, 0.5) is 4.79 Å². The minimum absolute atomic E-state index is 0.0219. The molecule has 3 N–H and O–H groups in total. The number of amides is 2. The zero-order valence-corrected chi connectivity index (χ0v) is 18.3. The van der Waals surface area contributed by atoms with Crippen molar-refractivity contribution in [2.45, 2.75) is 24.8 Å². The summed E-state index contributed by atoms with van der Waals surface area (Å²) in [6, 6.07) is 15.2. The third-order valence-electron chi connectivity index (χ3n) is 5.39. The van der Waals surface area contributed by atoms with E-state index in [1.54, 1.807) is 6.08 Å². The normalized spacial score (nSPS) is 12.8. The third kappa shape index (κ3) is 6.43. The molecule has 0 saturated heterocycles. The van der Waals surface area contributed by atoms with Crippen LogP contribution in [0.3, 0.4) is 0 Å². The lowest BCUT2D eigenvalue weighted by Crippen LogP contribution is -2.42. The number of nitrogens with one attached hydrogen (secondary N) is 2. The molecule has 1 aliphatic carbocycles. The molecule has 8 heteroatoms. The number of carbonyl (C=O) groups excluding carboxylic acids is 2. The minimum atomic E-state index is -1.11. The number of hydrogen-bond donors (Lipinski definition) is 3. The van der Waals surface area contributed by atoms with Crippen molar-refractivity contribution in [3.8, 4) is 11.1 Å². The molecule has 0 aromatic heterocycles. The molecule has 1 unspecified atom stereocenters. The molecule has 2 aromatic rings. The van der Waals surface area contributed by atoms with E-state index in [9.17, 15) is 14.4 Å². The number of carboxylic acids is 1. The molecule has 0 heterocycles. The SMILES string of the molecule is C=CCCC(NC(=O)COCCNC(=O)OCC1c2ccccc2-c2ccccc21)C(=O)O. The highest BCUT2D eigenvalue weighted by Gasteiger charge is 2.29. The van der Waals surface area contributed by atoms with E-state index in [2.05, 4.69) is 29.3 Å². The van der Waals surface area contributed by atoms with Gasteiger partial charge in [-0.25, -0.2) is 9.59 Å². The molecule has 0 aliphatic heterocycles. The van der Waals surface area contributed by atoms with Crippen LogP contribution in [-0.4, -0.2) is 55.5 Å². The number of carboxylic acid groups (broad SMARTS) is 1. The molecule has 174 valence electrons. The topological polar surface area (TPSA) is 114 Å². The second kappa shape index (κ2) is 11.8. The summed E-state index contributed by atoms with van der Waals surface area (Å²) in [6.07, 6.45) is 1.75. The Morgan fingerprint density at radius 1 is 1.06 bits per heavy atom. The summed E-state index contributed by atoms with van der Waals surface area (Å²) in [5.74, 6) is -1.67. The maximum Gasteiger partial charge on any atom is 0.407 e. The first-order valence-corrected chi connectivity index (χ1v) is 10.8. The fraction of sp³-hybridized carbons (Fsp3) is 0.320. The van der Waals surface area contributed by atoms with Crippen molar-refractivity contribution in [2.24, 2.45) is 0 Å². The number of hydrogen-bond acceptors (Lipinski definition) is 5. The van der Waals surface area contributed by atoms with Gasteiger partial charge < -0.3 is 25.2 Å². The predicted octanol–water partition coefficient (Wildman–Crippen LogP) is 3.08. The van der Waals surface area contributed by atoms with Gasteiger partial charge in [-0.1, -0.05) is 54.6 Å². The minimum Gasteiger partial charge on any atom is -0.480 e. The van der Waals surface area contributed by atoms with Crippen LogP contribution in [0.15, 0.2) is 61.2 Å². The number of ether oxygens (including phenoxy) is 2. The van der Waals surface area contributed by atoms with Crippen molar-refractivity contribution in [2.75, 3.05) is 26.4 Å². The lowest BCUT2D eigenvalue weighted by atomic mass is 9.98. The first-order valence-electron chi connectivity index (χ1n) is 10.8. The Hall–Kier alpha value is -3.65. The van der Waals surface area contributed by atoms with E-state index in [4.69, 9.17) is 14.6 Å². The lowest BCUT2D eigenvalue weighted by Gasteiger charge is -2.15. The Bertz CT molecular complexity index is 960. The molecule has 1 aliphatic rings. The molecule has 0 saturated carbocycles. The maximum absolute atomic E-state index is 12.1. The molecule has 0 fully saturated rings. The largest absolute Gasteiger partial charge is 0.480 e. The van der Waals surface area contributed by atoms with E-state index >= 15 is 0 Å². The van der Waals surface area contributed by atoms with E-state index < -0.39 is 24.0 Å². The van der Waals surface area contributed by atoms with Gasteiger partial charge in [-0.3, -0.25) is 4.79 Å². The van der Waals surface area contributed by atoms with Crippen LogP contribution in [-0.2, 0) is 19.1 Å². The number of benzene rings is 2. The molecule has 2 amide bonds. The van der Waals surface area contributed by atoms with Gasteiger partial charge in [0.25, 0.3) is 0 Å². The summed E-state index contributed by atoms with van der Waals surface area (Å²) < 4.78 is 10.6. The summed E-state index contributed by atoms with van der Waals surface area (Å²) in [6.45, 7) is 3.69. The van der Waals surface area contributed by atoms with Crippen LogP contribution in [0, 0.1) is 0 Å². The smallest absolute Gasteiger partial charge is 0.407 e. The van der Waals surface area contributed by atoms with Crippen LogP contribution in [0.2, 0.25) is 0 Å². The maximum atomic E-state index is 12.1. The number of aliphatic carboxylic acids is 1. The van der Waals surface area contributed by atoms with Crippen molar-refractivity contribution in [3.05, 3.63) is 72.3 Å². The van der Waals surface area contributed by atoms with Crippen molar-refractivity contribution in [3.63, 3.8) is 0 Å². The predicted molar refractivity (Wildman–Crippen MR) is 123 cm³/mol. The zero-order chi connectivity index (χ0) is 23.6. The molecule has 2 aromatic carbocycles. The molecule has 1 atom stereocenters. The lowest BCUT2D eigenvalue weighted by molar-refractivity contribution is -0.142. The Labute approximate surface area is 192 Å². The van der Waals surface area contributed by atoms with E-state index in [0.29, 0.717) is 6.42 Å². The van der Waals surface area contributed by atoms with Gasteiger partial charge in [0, 0.05) is 12.5 Å². The molecule has 0 radical (unpaired) electrons. The number of fused-ring (bicyclic) bond motifs is 3. The van der Waals surface area contributed by atoms with Gasteiger partial charge in [0.2, 0.25) is 5.91 Å². The summed E-state index contributed by atoms with van der Waals surface area (Å²) in [5.41, 5.74) is 4.58. The van der Waals surface area contributed by atoms with Gasteiger partial charge in [0.15, 0.2) is 0 Å². The Kier molecular flexibility index (Phi) is 8.60. The average Bonchev–Trinajstić information content (AvgIpc) is 3.13. The molecule has 3 rings (SSSR count). The van der Waals surface area contributed by atoms with E-state index in [-0.39, 0.29) is 38.7 Å². The molecule has 8 nitrogen and oxygen atoms in total. The second-order valence-electron chi connectivity index (χ2n) is 7.63. The number of alkyl carbamates (subject to hydrolysis) is 1. The third-order valence-corrected chi connectivity index (χ3v) is 5.39. The fourth-order valence-corrected chi connectivity index (χ4v) is 3.82. The van der Waals surface area contributed by atoms with Gasteiger partial charge >= 0.3 is 12.1 Å². The van der Waals surface area contributed by atoms with Gasteiger partial charge in [-0.15, -0.1) is 6.58 Å². The van der Waals surface area contributed by atoms with Crippen LogP contribution in [0.5, 0.6) is 0 Å². The van der Waals surface area contributed by atoms with Crippen molar-refractivity contribution < 1.29 is 29.0 Å². The Morgan fingerprint density at radius 3 is 2.30 bits per heavy atom. The molecular weight excluding hydrogens is 424 g/mol. The van der Waals surface area contributed by atoms with Gasteiger partial charge in [-0.05, 0) is 35.1 Å². The summed E-state index contributed by atoms with van der Waals surface area (Å²) in [5, 5.41) is 14.1. The zero-order valence-electron chi connectivity index (χ0n) is 18.3. The van der Waals surface area contributed by atoms with Gasteiger partial charge in [-0.2, -0.15) is 0 Å². The fourth-order valence-electron chi connectivity index (χ4n) is 3.82.